The van der Waals surface area contributed by atoms with Gasteiger partial charge in [-0.3, -0.25) is 14.6 Å². The van der Waals surface area contributed by atoms with E-state index < -0.39 is 0 Å². The van der Waals surface area contributed by atoms with Crippen LogP contribution in [0.2, 0.25) is 0 Å². The number of hydrogen-bond acceptors (Lipinski definition) is 5. The Hall–Kier alpha value is -1.47. The maximum atomic E-state index is 13.0. The average molecular weight is 402 g/mol. The van der Waals surface area contributed by atoms with Gasteiger partial charge in [0.05, 0.1) is 25.2 Å². The molecule has 1 N–H and O–H groups in total. The van der Waals surface area contributed by atoms with Gasteiger partial charge in [0.25, 0.3) is 0 Å². The highest BCUT2D eigenvalue weighted by molar-refractivity contribution is 5.79. The van der Waals surface area contributed by atoms with Crippen LogP contribution in [-0.4, -0.2) is 80.9 Å². The number of piperidine rings is 1. The van der Waals surface area contributed by atoms with Gasteiger partial charge in [-0.2, -0.15) is 0 Å². The molecule has 3 aliphatic rings. The highest BCUT2D eigenvalue weighted by atomic mass is 16.5. The van der Waals surface area contributed by atoms with Gasteiger partial charge in [0, 0.05) is 52.4 Å². The number of nitrogens with zero attached hydrogens (tertiary/aromatic N) is 2. The van der Waals surface area contributed by atoms with E-state index in [0.717, 1.165) is 78.4 Å². The molecule has 0 radical (unpaired) electrons. The van der Waals surface area contributed by atoms with Gasteiger partial charge in [0.2, 0.25) is 5.91 Å². The van der Waals surface area contributed by atoms with E-state index in [1.54, 1.807) is 0 Å². The highest BCUT2D eigenvalue weighted by Crippen LogP contribution is 2.25. The van der Waals surface area contributed by atoms with E-state index in [9.17, 15) is 4.79 Å². The smallest absolute Gasteiger partial charge is 0.224 e. The summed E-state index contributed by atoms with van der Waals surface area (Å²) in [6.45, 7) is 9.01. The highest BCUT2D eigenvalue weighted by Gasteiger charge is 2.33. The molecule has 0 spiro atoms. The van der Waals surface area contributed by atoms with Gasteiger partial charge in [-0.1, -0.05) is 30.3 Å². The zero-order chi connectivity index (χ0) is 19.9. The third-order valence-electron chi connectivity index (χ3n) is 6.38. The number of rotatable bonds is 7. The zero-order valence-corrected chi connectivity index (χ0v) is 17.4. The predicted octanol–water partition coefficient (Wildman–Crippen LogP) is 1.75. The fraction of sp³-hybridized carbons (Fsp3) is 0.696. The van der Waals surface area contributed by atoms with E-state index >= 15 is 0 Å². The van der Waals surface area contributed by atoms with E-state index in [1.807, 2.05) is 0 Å². The second kappa shape index (κ2) is 10.5. The Kier molecular flexibility index (Phi) is 7.55. The first-order chi connectivity index (χ1) is 14.3. The van der Waals surface area contributed by atoms with Crippen LogP contribution in [0.15, 0.2) is 30.3 Å². The van der Waals surface area contributed by atoms with Crippen LogP contribution in [0, 0.1) is 11.8 Å². The van der Waals surface area contributed by atoms with Gasteiger partial charge in [0.15, 0.2) is 0 Å². The second-order valence-electron chi connectivity index (χ2n) is 8.77. The van der Waals surface area contributed by atoms with Crippen molar-refractivity contribution in [2.24, 2.45) is 11.8 Å². The van der Waals surface area contributed by atoms with E-state index in [2.05, 4.69) is 45.4 Å². The van der Waals surface area contributed by atoms with E-state index in [4.69, 9.17) is 9.47 Å². The molecule has 3 aliphatic heterocycles. The molecule has 4 rings (SSSR count). The summed E-state index contributed by atoms with van der Waals surface area (Å²) in [5.41, 5.74) is 1.32. The Balaban J connectivity index is 1.36. The molecule has 1 aromatic carbocycles. The SMILES string of the molecule is O=C(NC[C@@H]1CCCO1)[C@@H]1C[C@H](CN2CCOCC2)CN(Cc2ccccc2)C1. The second-order valence-corrected chi connectivity index (χ2v) is 8.77. The molecule has 1 amide bonds. The van der Waals surface area contributed by atoms with Gasteiger partial charge in [-0.05, 0) is 30.7 Å². The minimum absolute atomic E-state index is 0.0555. The molecule has 3 fully saturated rings. The Morgan fingerprint density at radius 2 is 1.90 bits per heavy atom. The van der Waals surface area contributed by atoms with Crippen LogP contribution in [0.4, 0.5) is 0 Å². The van der Waals surface area contributed by atoms with Crippen molar-refractivity contribution in [2.45, 2.75) is 31.9 Å². The number of likely N-dealkylation sites (tertiary alicyclic amines) is 1. The molecule has 6 heteroatoms. The van der Waals surface area contributed by atoms with Gasteiger partial charge < -0.3 is 14.8 Å². The third kappa shape index (κ3) is 6.25. The van der Waals surface area contributed by atoms with Gasteiger partial charge in [0.1, 0.15) is 0 Å². The van der Waals surface area contributed by atoms with Crippen LogP contribution >= 0.6 is 0 Å². The summed E-state index contributed by atoms with van der Waals surface area (Å²) in [6.07, 6.45) is 3.34. The topological polar surface area (TPSA) is 54.0 Å². The van der Waals surface area contributed by atoms with E-state index in [1.165, 1.54) is 5.56 Å². The molecule has 3 saturated heterocycles. The lowest BCUT2D eigenvalue weighted by molar-refractivity contribution is -0.128. The van der Waals surface area contributed by atoms with Crippen LogP contribution in [0.1, 0.15) is 24.8 Å². The first-order valence-corrected chi connectivity index (χ1v) is 11.2. The van der Waals surface area contributed by atoms with Crippen LogP contribution in [0.3, 0.4) is 0 Å². The molecule has 0 aromatic heterocycles. The first kappa shape index (κ1) is 20.8. The lowest BCUT2D eigenvalue weighted by atomic mass is 9.87. The lowest BCUT2D eigenvalue weighted by Gasteiger charge is -2.40. The number of benzene rings is 1. The van der Waals surface area contributed by atoms with Crippen molar-refractivity contribution >= 4 is 5.91 Å². The summed E-state index contributed by atoms with van der Waals surface area (Å²) in [5.74, 6) is 0.772. The first-order valence-electron chi connectivity index (χ1n) is 11.2. The molecule has 6 nitrogen and oxygen atoms in total. The van der Waals surface area contributed by atoms with Gasteiger partial charge in [-0.15, -0.1) is 0 Å². The largest absolute Gasteiger partial charge is 0.379 e. The molecule has 3 atom stereocenters. The van der Waals surface area contributed by atoms with Crippen LogP contribution in [0.5, 0.6) is 0 Å². The fourth-order valence-corrected chi connectivity index (χ4v) is 4.91. The summed E-state index contributed by atoms with van der Waals surface area (Å²) in [6, 6.07) is 10.6. The molecule has 0 saturated carbocycles. The van der Waals surface area contributed by atoms with Gasteiger partial charge >= 0.3 is 0 Å². The zero-order valence-electron chi connectivity index (χ0n) is 17.4. The van der Waals surface area contributed by atoms with Crippen molar-refractivity contribution in [3.05, 3.63) is 35.9 Å². The minimum atomic E-state index is 0.0555. The van der Waals surface area contributed by atoms with Gasteiger partial charge in [-0.25, -0.2) is 0 Å². The maximum absolute atomic E-state index is 13.0. The molecule has 0 aliphatic carbocycles. The monoisotopic (exact) mass is 401 g/mol. The minimum Gasteiger partial charge on any atom is -0.379 e. The van der Waals surface area contributed by atoms with Crippen molar-refractivity contribution in [3.8, 4) is 0 Å². The molecular formula is C23H35N3O3. The average Bonchev–Trinajstić information content (AvgIpc) is 3.27. The van der Waals surface area contributed by atoms with E-state index in [0.29, 0.717) is 12.5 Å². The Morgan fingerprint density at radius 3 is 2.66 bits per heavy atom. The van der Waals surface area contributed by atoms with Crippen molar-refractivity contribution in [1.29, 1.82) is 0 Å². The molecule has 0 unspecified atom stereocenters. The van der Waals surface area contributed by atoms with Crippen LogP contribution < -0.4 is 5.32 Å². The van der Waals surface area contributed by atoms with Crippen molar-refractivity contribution in [3.63, 3.8) is 0 Å². The quantitative estimate of drug-likeness (QED) is 0.755. The molecule has 3 heterocycles. The third-order valence-corrected chi connectivity index (χ3v) is 6.38. The number of nitrogens with one attached hydrogen (secondary N) is 1. The van der Waals surface area contributed by atoms with Crippen molar-refractivity contribution in [2.75, 3.05) is 59.1 Å². The normalized spacial score (nSPS) is 29.0. The number of carbonyl (C=O) groups is 1. The number of amides is 1. The van der Waals surface area contributed by atoms with Crippen molar-refractivity contribution in [1.82, 2.24) is 15.1 Å². The van der Waals surface area contributed by atoms with E-state index in [-0.39, 0.29) is 17.9 Å². The van der Waals surface area contributed by atoms with Crippen LogP contribution in [0.25, 0.3) is 0 Å². The summed E-state index contributed by atoms with van der Waals surface area (Å²) in [7, 11) is 0. The summed E-state index contributed by atoms with van der Waals surface area (Å²) in [4.78, 5) is 17.9. The predicted molar refractivity (Wildman–Crippen MR) is 113 cm³/mol. The van der Waals surface area contributed by atoms with Crippen LogP contribution in [-0.2, 0) is 20.8 Å². The molecule has 29 heavy (non-hydrogen) atoms. The van der Waals surface area contributed by atoms with Crippen molar-refractivity contribution < 1.29 is 14.3 Å². The number of hydrogen-bond donors (Lipinski definition) is 1. The lowest BCUT2D eigenvalue weighted by Crippen LogP contribution is -2.50. The Morgan fingerprint density at radius 1 is 1.07 bits per heavy atom. The number of ether oxygens (including phenoxy) is 2. The summed E-state index contributed by atoms with van der Waals surface area (Å²) >= 11 is 0. The molecule has 160 valence electrons. The number of morpholine rings is 1. The maximum Gasteiger partial charge on any atom is 0.224 e. The molecular weight excluding hydrogens is 366 g/mol. The standard InChI is InChI=1S/C23H35N3O3/c27-23(24-14-22-7-4-10-29-22)21-13-20(16-25-8-11-28-12-9-25)17-26(18-21)15-19-5-2-1-3-6-19/h1-3,5-6,20-22H,4,7-18H2,(H,24,27)/t20-,21-,22+/m1/s1. The summed E-state index contributed by atoms with van der Waals surface area (Å²) in [5, 5.41) is 3.18. The fourth-order valence-electron chi connectivity index (χ4n) is 4.91. The Bertz CT molecular complexity index is 630. The molecule has 1 aromatic rings. The summed E-state index contributed by atoms with van der Waals surface area (Å²) < 4.78 is 11.2. The number of carbonyl (C=O) groups excluding carboxylic acids is 1. The molecule has 0 bridgehead atoms. The Labute approximate surface area is 174 Å².